The number of hydrogen-bond donors (Lipinski definition) is 2. The van der Waals surface area contributed by atoms with Crippen molar-refractivity contribution in [1.82, 2.24) is 0 Å². The summed E-state index contributed by atoms with van der Waals surface area (Å²) in [7, 11) is 0. The van der Waals surface area contributed by atoms with Crippen molar-refractivity contribution in [2.45, 2.75) is 39.5 Å². The highest BCUT2D eigenvalue weighted by atomic mass is 16.2. The molecule has 0 unspecified atom stereocenters. The Balaban J connectivity index is 1.61. The molecule has 2 amide bonds. The van der Waals surface area contributed by atoms with E-state index in [1.54, 1.807) is 48.5 Å². The van der Waals surface area contributed by atoms with E-state index in [2.05, 4.69) is 10.6 Å². The molecule has 0 radical (unpaired) electrons. The average molecular weight is 406 g/mol. The summed E-state index contributed by atoms with van der Waals surface area (Å²) < 4.78 is 0. The van der Waals surface area contributed by atoms with Crippen LogP contribution in [0.2, 0.25) is 0 Å². The highest BCUT2D eigenvalue weighted by molar-refractivity contribution is 5.99. The molecule has 2 aromatic carbocycles. The topological polar surface area (TPSA) is 92.3 Å². The number of carbonyl (C=O) groups is 4. The molecule has 30 heavy (non-hydrogen) atoms. The summed E-state index contributed by atoms with van der Waals surface area (Å²) in [6.45, 7) is 2.97. The summed E-state index contributed by atoms with van der Waals surface area (Å²) in [5, 5.41) is 5.75. The maximum Gasteiger partial charge on any atom is 0.227 e. The van der Waals surface area contributed by atoms with Gasteiger partial charge in [-0.25, -0.2) is 0 Å². The maximum atomic E-state index is 12.7. The Morgan fingerprint density at radius 1 is 0.733 bits per heavy atom. The summed E-state index contributed by atoms with van der Waals surface area (Å²) in [4.78, 5) is 48.5. The number of rotatable bonds is 6. The first kappa shape index (κ1) is 21.4. The van der Waals surface area contributed by atoms with Gasteiger partial charge in [0.1, 0.15) is 0 Å². The quantitative estimate of drug-likeness (QED) is 0.692. The monoisotopic (exact) mass is 406 g/mol. The molecule has 0 saturated heterocycles. The van der Waals surface area contributed by atoms with Crippen LogP contribution in [-0.4, -0.2) is 23.4 Å². The molecule has 2 atom stereocenters. The molecule has 0 aromatic heterocycles. The fourth-order valence-electron chi connectivity index (χ4n) is 3.79. The standard InChI is InChI=1S/C24H26N2O4/c1-15(27)17-6-4-10-21(13-17)25-23(29)19-8-3-9-20(12-19)24(30)26-22-11-5-7-18(14-22)16(2)28/h4-7,10-11,13-14,19-20H,3,8-9,12H2,1-2H3,(H,25,29)(H,26,30)/t19-,20+. The van der Waals surface area contributed by atoms with Gasteiger partial charge >= 0.3 is 0 Å². The van der Waals surface area contributed by atoms with Gasteiger partial charge in [0.05, 0.1) is 0 Å². The lowest BCUT2D eigenvalue weighted by molar-refractivity contribution is -0.124. The van der Waals surface area contributed by atoms with Gasteiger partial charge in [0.15, 0.2) is 11.6 Å². The van der Waals surface area contributed by atoms with Crippen molar-refractivity contribution in [2.24, 2.45) is 11.8 Å². The number of benzene rings is 2. The van der Waals surface area contributed by atoms with E-state index in [1.807, 2.05) is 0 Å². The number of amides is 2. The number of Topliss-reactive ketones (excluding diaryl/α,β-unsaturated/α-hetero) is 2. The Morgan fingerprint density at radius 3 is 1.57 bits per heavy atom. The molecule has 1 aliphatic rings. The van der Waals surface area contributed by atoms with Gasteiger partial charge in [-0.05, 0) is 57.4 Å². The van der Waals surface area contributed by atoms with E-state index in [9.17, 15) is 19.2 Å². The molecule has 156 valence electrons. The molecule has 0 bridgehead atoms. The third-order valence-corrected chi connectivity index (χ3v) is 5.49. The number of anilines is 2. The molecule has 2 N–H and O–H groups in total. The van der Waals surface area contributed by atoms with Crippen molar-refractivity contribution >= 4 is 34.8 Å². The molecule has 6 heteroatoms. The van der Waals surface area contributed by atoms with E-state index in [-0.39, 0.29) is 35.2 Å². The highest BCUT2D eigenvalue weighted by Crippen LogP contribution is 2.31. The van der Waals surface area contributed by atoms with Crippen LogP contribution in [0, 0.1) is 11.8 Å². The average Bonchev–Trinajstić information content (AvgIpc) is 2.74. The van der Waals surface area contributed by atoms with Crippen LogP contribution >= 0.6 is 0 Å². The van der Waals surface area contributed by atoms with Gasteiger partial charge in [-0.1, -0.05) is 30.7 Å². The van der Waals surface area contributed by atoms with Crippen LogP contribution in [0.3, 0.4) is 0 Å². The van der Waals surface area contributed by atoms with Gasteiger partial charge in [-0.3, -0.25) is 19.2 Å². The zero-order valence-electron chi connectivity index (χ0n) is 17.2. The van der Waals surface area contributed by atoms with Crippen molar-refractivity contribution in [3.63, 3.8) is 0 Å². The molecule has 1 saturated carbocycles. The summed E-state index contributed by atoms with van der Waals surface area (Å²) >= 11 is 0. The zero-order valence-corrected chi connectivity index (χ0v) is 17.2. The van der Waals surface area contributed by atoms with E-state index < -0.39 is 0 Å². The highest BCUT2D eigenvalue weighted by Gasteiger charge is 2.31. The summed E-state index contributed by atoms with van der Waals surface area (Å²) in [6, 6.07) is 13.7. The van der Waals surface area contributed by atoms with Gasteiger partial charge in [-0.15, -0.1) is 0 Å². The molecule has 0 heterocycles. The van der Waals surface area contributed by atoms with Crippen molar-refractivity contribution in [3.8, 4) is 0 Å². The van der Waals surface area contributed by atoms with Gasteiger partial charge in [0.2, 0.25) is 11.8 Å². The predicted octanol–water partition coefficient (Wildman–Crippen LogP) is 4.48. The molecule has 1 aliphatic carbocycles. The lowest BCUT2D eigenvalue weighted by atomic mass is 9.80. The number of hydrogen-bond acceptors (Lipinski definition) is 4. The van der Waals surface area contributed by atoms with Crippen LogP contribution in [-0.2, 0) is 9.59 Å². The fraction of sp³-hybridized carbons (Fsp3) is 0.333. The Morgan fingerprint density at radius 2 is 1.17 bits per heavy atom. The molecule has 1 fully saturated rings. The number of carbonyl (C=O) groups excluding carboxylic acids is 4. The van der Waals surface area contributed by atoms with Crippen LogP contribution in [0.4, 0.5) is 11.4 Å². The van der Waals surface area contributed by atoms with Crippen molar-refractivity contribution in [1.29, 1.82) is 0 Å². The van der Waals surface area contributed by atoms with E-state index in [0.29, 0.717) is 28.9 Å². The summed E-state index contributed by atoms with van der Waals surface area (Å²) in [5.74, 6) is -0.916. The number of ketones is 2. The second kappa shape index (κ2) is 9.48. The second-order valence-electron chi connectivity index (χ2n) is 7.81. The maximum absolute atomic E-state index is 12.7. The molecular weight excluding hydrogens is 380 g/mol. The lowest BCUT2D eigenvalue weighted by Crippen LogP contribution is -2.33. The van der Waals surface area contributed by atoms with Crippen molar-refractivity contribution < 1.29 is 19.2 Å². The van der Waals surface area contributed by atoms with E-state index in [4.69, 9.17) is 0 Å². The zero-order chi connectivity index (χ0) is 21.7. The predicted molar refractivity (Wildman–Crippen MR) is 116 cm³/mol. The van der Waals surface area contributed by atoms with E-state index in [0.717, 1.165) is 19.3 Å². The third-order valence-electron chi connectivity index (χ3n) is 5.49. The summed E-state index contributed by atoms with van der Waals surface area (Å²) in [6.07, 6.45) is 2.71. The molecule has 3 rings (SSSR count). The van der Waals surface area contributed by atoms with Gasteiger partial charge in [0, 0.05) is 34.3 Å². The normalized spacial score (nSPS) is 18.3. The molecule has 2 aromatic rings. The van der Waals surface area contributed by atoms with Crippen LogP contribution in [0.15, 0.2) is 48.5 Å². The molecule has 6 nitrogen and oxygen atoms in total. The SMILES string of the molecule is CC(=O)c1cccc(NC(=O)[C@@H]2CCC[C@H](C(=O)Nc3cccc(C(C)=O)c3)C2)c1. The van der Waals surface area contributed by atoms with Gasteiger partial charge in [0.25, 0.3) is 0 Å². The van der Waals surface area contributed by atoms with Crippen LogP contribution in [0.5, 0.6) is 0 Å². The van der Waals surface area contributed by atoms with Gasteiger partial charge in [-0.2, -0.15) is 0 Å². The lowest BCUT2D eigenvalue weighted by Gasteiger charge is -2.27. The Bertz CT molecular complexity index is 905. The first-order chi connectivity index (χ1) is 14.3. The molecular formula is C24H26N2O4. The Hall–Kier alpha value is -3.28. The van der Waals surface area contributed by atoms with E-state index >= 15 is 0 Å². The third kappa shape index (κ3) is 5.41. The van der Waals surface area contributed by atoms with E-state index in [1.165, 1.54) is 13.8 Å². The van der Waals surface area contributed by atoms with Crippen molar-refractivity contribution in [2.75, 3.05) is 10.6 Å². The van der Waals surface area contributed by atoms with Crippen LogP contribution < -0.4 is 10.6 Å². The first-order valence-corrected chi connectivity index (χ1v) is 10.2. The molecule has 0 spiro atoms. The minimum Gasteiger partial charge on any atom is -0.326 e. The Kier molecular flexibility index (Phi) is 6.77. The van der Waals surface area contributed by atoms with Gasteiger partial charge < -0.3 is 10.6 Å². The fourth-order valence-corrected chi connectivity index (χ4v) is 3.79. The van der Waals surface area contributed by atoms with Crippen molar-refractivity contribution in [3.05, 3.63) is 59.7 Å². The second-order valence-corrected chi connectivity index (χ2v) is 7.81. The smallest absolute Gasteiger partial charge is 0.227 e. The minimum absolute atomic E-state index is 0.0608. The molecule has 0 aliphatic heterocycles. The van der Waals surface area contributed by atoms with Crippen LogP contribution in [0.1, 0.15) is 60.2 Å². The summed E-state index contributed by atoms with van der Waals surface area (Å²) in [5.41, 5.74) is 2.25. The Labute approximate surface area is 176 Å². The van der Waals surface area contributed by atoms with Crippen LogP contribution in [0.25, 0.3) is 0 Å². The minimum atomic E-state index is -0.265. The number of nitrogens with one attached hydrogen (secondary N) is 2. The first-order valence-electron chi connectivity index (χ1n) is 10.2. The largest absolute Gasteiger partial charge is 0.326 e.